The van der Waals surface area contributed by atoms with Gasteiger partial charge in [-0.15, -0.1) is 0 Å². The Labute approximate surface area is 234 Å². The number of nitrogens with one attached hydrogen (secondary N) is 1. The maximum atomic E-state index is 12.2. The van der Waals surface area contributed by atoms with Crippen LogP contribution < -0.4 is 14.8 Å². The molecule has 0 bridgehead atoms. The fourth-order valence-electron chi connectivity index (χ4n) is 5.17. The van der Waals surface area contributed by atoms with Gasteiger partial charge in [-0.2, -0.15) is 0 Å². The van der Waals surface area contributed by atoms with Gasteiger partial charge in [-0.3, -0.25) is 4.79 Å². The molecule has 5 rings (SSSR count). The van der Waals surface area contributed by atoms with Crippen molar-refractivity contribution in [3.8, 4) is 11.6 Å². The van der Waals surface area contributed by atoms with Gasteiger partial charge in [0.2, 0.25) is 12.3 Å². The number of nitrogens with zero attached hydrogens (tertiary/aromatic N) is 1. The van der Waals surface area contributed by atoms with Gasteiger partial charge in [-0.05, 0) is 36.1 Å². The van der Waals surface area contributed by atoms with E-state index in [1.807, 2.05) is 61.6 Å². The average molecular weight is 612 g/mol. The second kappa shape index (κ2) is 12.9. The normalized spacial score (nSPS) is 22.6. The molecule has 3 unspecified atom stereocenters. The number of halogens is 4. The van der Waals surface area contributed by atoms with Crippen LogP contribution in [0.5, 0.6) is 11.6 Å². The number of pyridine rings is 1. The van der Waals surface area contributed by atoms with Crippen molar-refractivity contribution in [3.05, 3.63) is 87.0 Å². The van der Waals surface area contributed by atoms with Crippen LogP contribution in [-0.4, -0.2) is 36.6 Å². The Morgan fingerprint density at radius 3 is 2.45 bits per heavy atom. The van der Waals surface area contributed by atoms with Crippen molar-refractivity contribution in [2.75, 3.05) is 13.7 Å². The molecule has 1 aliphatic carbocycles. The molecule has 0 saturated heterocycles. The monoisotopic (exact) mass is 610 g/mol. The lowest BCUT2D eigenvalue weighted by Crippen LogP contribution is -2.48. The van der Waals surface area contributed by atoms with E-state index in [0.29, 0.717) is 23.6 Å². The van der Waals surface area contributed by atoms with E-state index in [1.54, 1.807) is 6.07 Å². The van der Waals surface area contributed by atoms with Crippen molar-refractivity contribution < 1.29 is 28.2 Å². The van der Waals surface area contributed by atoms with Crippen LogP contribution in [-0.2, 0) is 16.0 Å². The fraction of sp³-hybridized carbons (Fsp3) is 0.357. The second-order valence-corrected chi connectivity index (χ2v) is 9.75. The Hall–Kier alpha value is -2.75. The molecular formula is C28H30BrClF2N2O4. The molecule has 1 saturated carbocycles. The minimum absolute atomic E-state index is 0.0502. The highest BCUT2D eigenvalue weighted by Crippen LogP contribution is 2.68. The third-order valence-electron chi connectivity index (χ3n) is 6.53. The Balaban J connectivity index is 0.000000389. The molecule has 1 amide bonds. The SMILES string of the molecule is CC.COc1nc(Cl)cc2c1C1(O)CCC(c3ccccc3)C1(c1ccc(Br)cc1)O2.O=CNCC(F)F. The summed E-state index contributed by atoms with van der Waals surface area (Å²) in [6.07, 6.45) is -0.909. The predicted molar refractivity (Wildman–Crippen MR) is 146 cm³/mol. The summed E-state index contributed by atoms with van der Waals surface area (Å²) in [5, 5.41) is 14.3. The summed E-state index contributed by atoms with van der Waals surface area (Å²) in [4.78, 5) is 13.6. The minimum atomic E-state index is -2.44. The molecule has 3 aromatic rings. The molecule has 0 radical (unpaired) electrons. The molecule has 1 aliphatic heterocycles. The maximum absolute atomic E-state index is 12.2. The van der Waals surface area contributed by atoms with Gasteiger partial charge in [-0.25, -0.2) is 13.8 Å². The third-order valence-corrected chi connectivity index (χ3v) is 7.25. The van der Waals surface area contributed by atoms with Gasteiger partial charge in [0.15, 0.2) is 5.60 Å². The third kappa shape index (κ3) is 5.51. The van der Waals surface area contributed by atoms with Crippen LogP contribution in [0.15, 0.2) is 65.1 Å². The molecule has 1 fully saturated rings. The van der Waals surface area contributed by atoms with Crippen LogP contribution in [0.2, 0.25) is 5.15 Å². The van der Waals surface area contributed by atoms with Crippen molar-refractivity contribution in [2.24, 2.45) is 0 Å². The number of rotatable bonds is 6. The summed E-state index contributed by atoms with van der Waals surface area (Å²) in [6.45, 7) is 3.45. The summed E-state index contributed by atoms with van der Waals surface area (Å²) in [5.74, 6) is 0.779. The highest BCUT2D eigenvalue weighted by molar-refractivity contribution is 9.10. The van der Waals surface area contributed by atoms with Crippen LogP contribution in [0, 0.1) is 0 Å². The number of amides is 1. The zero-order chi connectivity index (χ0) is 27.9. The van der Waals surface area contributed by atoms with Crippen molar-refractivity contribution >= 4 is 33.9 Å². The Bertz CT molecular complexity index is 1220. The number of carbonyl (C=O) groups excluding carboxylic acids is 1. The largest absolute Gasteiger partial charge is 0.481 e. The van der Waals surface area contributed by atoms with Crippen molar-refractivity contribution in [2.45, 2.75) is 50.2 Å². The quantitative estimate of drug-likeness (QED) is 0.243. The Kier molecular flexibility index (Phi) is 10.1. The zero-order valence-corrected chi connectivity index (χ0v) is 23.6. The summed E-state index contributed by atoms with van der Waals surface area (Å²) in [5.41, 5.74) is 0.309. The van der Waals surface area contributed by atoms with Crippen LogP contribution in [0.25, 0.3) is 0 Å². The highest BCUT2D eigenvalue weighted by atomic mass is 79.9. The lowest BCUT2D eigenvalue weighted by Gasteiger charge is -2.40. The van der Waals surface area contributed by atoms with Gasteiger partial charge in [-0.1, -0.05) is 83.8 Å². The number of benzene rings is 2. The number of alkyl halides is 2. The molecule has 1 aromatic heterocycles. The van der Waals surface area contributed by atoms with E-state index < -0.39 is 24.2 Å². The molecule has 2 N–H and O–H groups in total. The average Bonchev–Trinajstić information content (AvgIpc) is 3.35. The van der Waals surface area contributed by atoms with Crippen molar-refractivity contribution in [1.82, 2.24) is 10.3 Å². The standard InChI is InChI=1S/C23H19BrClNO3.C3H5F2NO.C2H6/c1-28-21-20-18(13-19(25)26-21)29-23(15-7-9-16(24)10-8-15)17(11-12-22(20,23)27)14-5-3-2-4-6-14;4-3(5)1-6-2-7;1-2/h2-10,13,17,27H,11-12H2,1H3;2-3H,1H2,(H,6,7);1-2H3. The first kappa shape index (κ1) is 29.8. The molecular weight excluding hydrogens is 582 g/mol. The first-order valence-corrected chi connectivity index (χ1v) is 13.4. The number of hydrogen-bond donors (Lipinski definition) is 2. The summed E-state index contributed by atoms with van der Waals surface area (Å²) < 4.78 is 35.1. The number of fused-ring (bicyclic) bond motifs is 3. The minimum Gasteiger partial charge on any atom is -0.481 e. The fourth-order valence-corrected chi connectivity index (χ4v) is 5.61. The van der Waals surface area contributed by atoms with Crippen LogP contribution in [0.3, 0.4) is 0 Å². The molecule has 2 heterocycles. The molecule has 0 spiro atoms. The molecule has 6 nitrogen and oxygen atoms in total. The summed E-state index contributed by atoms with van der Waals surface area (Å²) in [6, 6.07) is 19.8. The van der Waals surface area contributed by atoms with Crippen LogP contribution in [0.1, 0.15) is 49.3 Å². The Morgan fingerprint density at radius 1 is 1.24 bits per heavy atom. The second-order valence-electron chi connectivity index (χ2n) is 8.45. The number of carbonyl (C=O) groups is 1. The first-order valence-electron chi connectivity index (χ1n) is 12.2. The van der Waals surface area contributed by atoms with Gasteiger partial charge in [0.25, 0.3) is 6.43 Å². The van der Waals surface area contributed by atoms with Crippen molar-refractivity contribution in [3.63, 3.8) is 0 Å². The van der Waals surface area contributed by atoms with E-state index in [4.69, 9.17) is 21.1 Å². The van der Waals surface area contributed by atoms with E-state index in [-0.39, 0.29) is 17.5 Å². The van der Waals surface area contributed by atoms with E-state index in [0.717, 1.165) is 22.0 Å². The van der Waals surface area contributed by atoms with Crippen LogP contribution >= 0.6 is 27.5 Å². The molecule has 2 aromatic carbocycles. The number of methoxy groups -OCH3 is 1. The highest BCUT2D eigenvalue weighted by Gasteiger charge is 2.69. The number of ether oxygens (including phenoxy) is 2. The molecule has 3 atom stereocenters. The smallest absolute Gasteiger partial charge is 0.255 e. The number of hydrogen-bond acceptors (Lipinski definition) is 5. The summed E-state index contributed by atoms with van der Waals surface area (Å²) >= 11 is 9.72. The maximum Gasteiger partial charge on any atom is 0.255 e. The van der Waals surface area contributed by atoms with Gasteiger partial charge >= 0.3 is 0 Å². The molecule has 204 valence electrons. The van der Waals surface area contributed by atoms with Gasteiger partial charge in [0.1, 0.15) is 16.5 Å². The van der Waals surface area contributed by atoms with E-state index >= 15 is 0 Å². The van der Waals surface area contributed by atoms with Gasteiger partial charge < -0.3 is 19.9 Å². The molecule has 10 heteroatoms. The first-order chi connectivity index (χ1) is 18.3. The lowest BCUT2D eigenvalue weighted by atomic mass is 9.72. The van der Waals surface area contributed by atoms with Crippen LogP contribution in [0.4, 0.5) is 8.78 Å². The van der Waals surface area contributed by atoms with E-state index in [2.05, 4.69) is 33.0 Å². The number of aromatic nitrogens is 1. The molecule has 2 aliphatic rings. The topological polar surface area (TPSA) is 80.7 Å². The lowest BCUT2D eigenvalue weighted by molar-refractivity contribution is -0.110. The molecule has 38 heavy (non-hydrogen) atoms. The van der Waals surface area contributed by atoms with Gasteiger partial charge in [0.05, 0.1) is 19.2 Å². The summed E-state index contributed by atoms with van der Waals surface area (Å²) in [7, 11) is 1.53. The Morgan fingerprint density at radius 2 is 1.89 bits per heavy atom. The van der Waals surface area contributed by atoms with Gasteiger partial charge in [0, 0.05) is 16.5 Å². The van der Waals surface area contributed by atoms with E-state index in [9.17, 15) is 18.7 Å². The van der Waals surface area contributed by atoms with E-state index in [1.165, 1.54) is 7.11 Å². The predicted octanol–water partition coefficient (Wildman–Crippen LogP) is 6.58. The number of aliphatic hydroxyl groups is 1. The van der Waals surface area contributed by atoms with Crippen molar-refractivity contribution in [1.29, 1.82) is 0 Å². The zero-order valence-electron chi connectivity index (χ0n) is 21.3.